The first-order valence-electron chi connectivity index (χ1n) is 8.56. The second kappa shape index (κ2) is 7.79. The summed E-state index contributed by atoms with van der Waals surface area (Å²) < 4.78 is 5.23. The summed E-state index contributed by atoms with van der Waals surface area (Å²) in [6.45, 7) is 3.78. The largest absolute Gasteiger partial charge is 0.496 e. The third-order valence-electron chi connectivity index (χ3n) is 4.62. The van der Waals surface area contributed by atoms with Crippen molar-refractivity contribution in [3.63, 3.8) is 0 Å². The zero-order valence-electron chi connectivity index (χ0n) is 14.6. The van der Waals surface area contributed by atoms with Crippen molar-refractivity contribution in [3.05, 3.63) is 58.6 Å². The predicted molar refractivity (Wildman–Crippen MR) is 102 cm³/mol. The van der Waals surface area contributed by atoms with Gasteiger partial charge in [-0.25, -0.2) is 0 Å². The van der Waals surface area contributed by atoms with Crippen LogP contribution in [-0.4, -0.2) is 32.1 Å². The molecule has 1 N–H and O–H groups in total. The SMILES string of the molecule is COc1ccc(Cl)cc1C(=O)NCCCN1c2ccccc2C[C@H]1C. The molecule has 0 aromatic heterocycles. The Bertz CT molecular complexity index is 763. The monoisotopic (exact) mass is 358 g/mol. The van der Waals surface area contributed by atoms with Gasteiger partial charge in [0.2, 0.25) is 0 Å². The molecule has 0 fully saturated rings. The molecule has 5 heteroatoms. The van der Waals surface area contributed by atoms with Gasteiger partial charge in [-0.1, -0.05) is 29.8 Å². The Morgan fingerprint density at radius 3 is 2.92 bits per heavy atom. The number of halogens is 1. The highest BCUT2D eigenvalue weighted by atomic mass is 35.5. The van der Waals surface area contributed by atoms with Gasteiger partial charge < -0.3 is 15.0 Å². The zero-order chi connectivity index (χ0) is 17.8. The number of benzene rings is 2. The Morgan fingerprint density at radius 1 is 1.32 bits per heavy atom. The van der Waals surface area contributed by atoms with Crippen LogP contribution >= 0.6 is 11.6 Å². The van der Waals surface area contributed by atoms with E-state index in [2.05, 4.69) is 41.4 Å². The molecule has 1 aliphatic rings. The Balaban J connectivity index is 1.54. The Hall–Kier alpha value is -2.20. The van der Waals surface area contributed by atoms with Crippen LogP contribution in [0.15, 0.2) is 42.5 Å². The molecule has 1 amide bonds. The number of nitrogens with one attached hydrogen (secondary N) is 1. The first kappa shape index (κ1) is 17.6. The fourth-order valence-corrected chi connectivity index (χ4v) is 3.55. The molecule has 0 spiro atoms. The number of amides is 1. The summed E-state index contributed by atoms with van der Waals surface area (Å²) in [6, 6.07) is 14.1. The molecule has 1 aliphatic heterocycles. The van der Waals surface area contributed by atoms with Crippen molar-refractivity contribution >= 4 is 23.2 Å². The van der Waals surface area contributed by atoms with Gasteiger partial charge in [0.25, 0.3) is 5.91 Å². The average molecular weight is 359 g/mol. The van der Waals surface area contributed by atoms with Gasteiger partial charge in [-0.2, -0.15) is 0 Å². The van der Waals surface area contributed by atoms with Crippen molar-refractivity contribution in [1.29, 1.82) is 0 Å². The summed E-state index contributed by atoms with van der Waals surface area (Å²) in [4.78, 5) is 14.8. The van der Waals surface area contributed by atoms with Gasteiger partial charge in [0.05, 0.1) is 12.7 Å². The minimum atomic E-state index is -0.158. The van der Waals surface area contributed by atoms with Crippen LogP contribution < -0.4 is 15.0 Å². The van der Waals surface area contributed by atoms with Crippen LogP contribution in [0, 0.1) is 0 Å². The van der Waals surface area contributed by atoms with Crippen molar-refractivity contribution < 1.29 is 9.53 Å². The van der Waals surface area contributed by atoms with Crippen molar-refractivity contribution in [3.8, 4) is 5.75 Å². The van der Waals surface area contributed by atoms with Gasteiger partial charge in [-0.05, 0) is 49.6 Å². The third-order valence-corrected chi connectivity index (χ3v) is 4.85. The summed E-state index contributed by atoms with van der Waals surface area (Å²) in [5.74, 6) is 0.373. The van der Waals surface area contributed by atoms with Crippen LogP contribution in [0.5, 0.6) is 5.75 Å². The first-order chi connectivity index (χ1) is 12.1. The highest BCUT2D eigenvalue weighted by molar-refractivity contribution is 6.31. The van der Waals surface area contributed by atoms with Gasteiger partial charge >= 0.3 is 0 Å². The minimum absolute atomic E-state index is 0.158. The van der Waals surface area contributed by atoms with Gasteiger partial charge in [-0.3, -0.25) is 4.79 Å². The normalized spacial score (nSPS) is 15.8. The van der Waals surface area contributed by atoms with Crippen molar-refractivity contribution in [2.75, 3.05) is 25.1 Å². The lowest BCUT2D eigenvalue weighted by Crippen LogP contribution is -2.33. The van der Waals surface area contributed by atoms with Crippen LogP contribution in [0.4, 0.5) is 5.69 Å². The molecule has 1 heterocycles. The molecule has 25 heavy (non-hydrogen) atoms. The number of methoxy groups -OCH3 is 1. The van der Waals surface area contributed by atoms with Gasteiger partial charge in [0.1, 0.15) is 5.75 Å². The Morgan fingerprint density at radius 2 is 2.12 bits per heavy atom. The molecule has 1 atom stereocenters. The quantitative estimate of drug-likeness (QED) is 0.796. The molecule has 2 aromatic carbocycles. The van der Waals surface area contributed by atoms with Gasteiger partial charge in [0, 0.05) is 29.8 Å². The van der Waals surface area contributed by atoms with E-state index >= 15 is 0 Å². The maximum Gasteiger partial charge on any atom is 0.255 e. The third kappa shape index (κ3) is 3.90. The molecule has 4 nitrogen and oxygen atoms in total. The molecular weight excluding hydrogens is 336 g/mol. The van der Waals surface area contributed by atoms with Gasteiger partial charge in [-0.15, -0.1) is 0 Å². The van der Waals surface area contributed by atoms with E-state index in [-0.39, 0.29) is 5.91 Å². The topological polar surface area (TPSA) is 41.6 Å². The van der Waals surface area contributed by atoms with Gasteiger partial charge in [0.15, 0.2) is 0 Å². The smallest absolute Gasteiger partial charge is 0.255 e. The van der Waals surface area contributed by atoms with Crippen LogP contribution in [0.1, 0.15) is 29.3 Å². The fraction of sp³-hybridized carbons (Fsp3) is 0.350. The van der Waals surface area contributed by atoms with E-state index < -0.39 is 0 Å². The van der Waals surface area contributed by atoms with E-state index in [1.807, 2.05) is 0 Å². The van der Waals surface area contributed by atoms with E-state index in [0.717, 1.165) is 19.4 Å². The lowest BCUT2D eigenvalue weighted by atomic mass is 10.1. The fourth-order valence-electron chi connectivity index (χ4n) is 3.37. The molecule has 0 aliphatic carbocycles. The first-order valence-corrected chi connectivity index (χ1v) is 8.94. The van der Waals surface area contributed by atoms with Crippen LogP contribution in [0.2, 0.25) is 5.02 Å². The number of hydrogen-bond donors (Lipinski definition) is 1. The standard InChI is InChI=1S/C20H23ClN2O2/c1-14-12-15-6-3-4-7-18(15)23(14)11-5-10-22-20(24)17-13-16(21)8-9-19(17)25-2/h3-4,6-9,13-14H,5,10-12H2,1-2H3,(H,22,24)/t14-/m1/s1. The number of carbonyl (C=O) groups is 1. The minimum Gasteiger partial charge on any atom is -0.496 e. The number of nitrogens with zero attached hydrogens (tertiary/aromatic N) is 1. The molecule has 0 saturated carbocycles. The van der Waals surface area contributed by atoms with E-state index in [9.17, 15) is 4.79 Å². The van der Waals surface area contributed by atoms with E-state index in [0.29, 0.717) is 28.9 Å². The second-order valence-corrected chi connectivity index (χ2v) is 6.77. The average Bonchev–Trinajstić information content (AvgIpc) is 2.93. The summed E-state index contributed by atoms with van der Waals surface area (Å²) >= 11 is 5.99. The van der Waals surface area contributed by atoms with E-state index in [4.69, 9.17) is 16.3 Å². The number of anilines is 1. The van der Waals surface area contributed by atoms with Crippen LogP contribution in [0.25, 0.3) is 0 Å². The number of para-hydroxylation sites is 1. The lowest BCUT2D eigenvalue weighted by molar-refractivity contribution is 0.0950. The molecule has 132 valence electrons. The van der Waals surface area contributed by atoms with Crippen molar-refractivity contribution in [2.24, 2.45) is 0 Å². The second-order valence-electron chi connectivity index (χ2n) is 6.33. The Kier molecular flexibility index (Phi) is 5.49. The molecule has 2 aromatic rings. The van der Waals surface area contributed by atoms with E-state index in [1.54, 1.807) is 25.3 Å². The van der Waals surface area contributed by atoms with E-state index in [1.165, 1.54) is 11.3 Å². The molecule has 0 saturated heterocycles. The molecule has 0 radical (unpaired) electrons. The summed E-state index contributed by atoms with van der Waals surface area (Å²) in [6.07, 6.45) is 1.97. The number of carbonyl (C=O) groups excluding carboxylic acids is 1. The molecule has 0 bridgehead atoms. The number of rotatable bonds is 6. The predicted octanol–water partition coefficient (Wildman–Crippen LogP) is 3.92. The maximum absolute atomic E-state index is 12.4. The lowest BCUT2D eigenvalue weighted by Gasteiger charge is -2.25. The van der Waals surface area contributed by atoms with Crippen molar-refractivity contribution in [1.82, 2.24) is 5.32 Å². The number of ether oxygens (including phenoxy) is 1. The highest BCUT2D eigenvalue weighted by Crippen LogP contribution is 2.31. The van der Waals surface area contributed by atoms with Crippen molar-refractivity contribution in [2.45, 2.75) is 25.8 Å². The molecular formula is C20H23ClN2O2. The number of hydrogen-bond acceptors (Lipinski definition) is 3. The zero-order valence-corrected chi connectivity index (χ0v) is 15.3. The maximum atomic E-state index is 12.4. The summed E-state index contributed by atoms with van der Waals surface area (Å²) in [7, 11) is 1.55. The molecule has 3 rings (SSSR count). The van der Waals surface area contributed by atoms with Crippen LogP contribution in [-0.2, 0) is 6.42 Å². The van der Waals surface area contributed by atoms with Crippen LogP contribution in [0.3, 0.4) is 0 Å². The summed E-state index contributed by atoms with van der Waals surface area (Å²) in [5.41, 5.74) is 3.19. The highest BCUT2D eigenvalue weighted by Gasteiger charge is 2.24. The Labute approximate surface area is 153 Å². The number of fused-ring (bicyclic) bond motifs is 1. The summed E-state index contributed by atoms with van der Waals surface area (Å²) in [5, 5.41) is 3.48. The molecule has 0 unspecified atom stereocenters.